The number of nitrogens with zero attached hydrogens (tertiary/aromatic N) is 3. The summed E-state index contributed by atoms with van der Waals surface area (Å²) in [5, 5.41) is 9.69. The predicted molar refractivity (Wildman–Crippen MR) is 75.8 cm³/mol. The number of aliphatic hydroxyl groups excluding tert-OH is 1. The van der Waals surface area contributed by atoms with Gasteiger partial charge >= 0.3 is 6.18 Å². The van der Waals surface area contributed by atoms with E-state index in [2.05, 4.69) is 4.98 Å². The van der Waals surface area contributed by atoms with Crippen molar-refractivity contribution in [2.45, 2.75) is 12.3 Å². The summed E-state index contributed by atoms with van der Waals surface area (Å²) < 4.78 is 43.9. The number of piperazine rings is 1. The van der Waals surface area contributed by atoms with Crippen molar-refractivity contribution in [1.29, 1.82) is 0 Å². The molecule has 5 nitrogen and oxygen atoms in total. The Balaban J connectivity index is 1.98. The van der Waals surface area contributed by atoms with Gasteiger partial charge in [0.2, 0.25) is 0 Å². The standard InChI is InChI=1S/C14H20F3N3O2/c1-22-10-11(21)9-19-5-7-20(8-6-19)13-12(14(15,16)17)3-2-4-18-13/h2-4,11,21H,5-10H2,1H3. The second-order valence-corrected chi connectivity index (χ2v) is 5.27. The first-order valence-corrected chi connectivity index (χ1v) is 7.08. The summed E-state index contributed by atoms with van der Waals surface area (Å²) in [6.45, 7) is 2.75. The Labute approximate surface area is 127 Å². The maximum absolute atomic E-state index is 13.0. The molecule has 0 amide bonds. The molecular weight excluding hydrogens is 299 g/mol. The molecule has 0 spiro atoms. The van der Waals surface area contributed by atoms with Crippen molar-refractivity contribution in [2.24, 2.45) is 0 Å². The summed E-state index contributed by atoms with van der Waals surface area (Å²) in [6, 6.07) is 2.35. The van der Waals surface area contributed by atoms with Crippen LogP contribution in [0.2, 0.25) is 0 Å². The van der Waals surface area contributed by atoms with E-state index in [1.54, 1.807) is 4.90 Å². The number of anilines is 1. The molecule has 1 saturated heterocycles. The summed E-state index contributed by atoms with van der Waals surface area (Å²) in [4.78, 5) is 7.55. The van der Waals surface area contributed by atoms with E-state index in [1.807, 2.05) is 4.90 Å². The van der Waals surface area contributed by atoms with E-state index < -0.39 is 17.8 Å². The van der Waals surface area contributed by atoms with Gasteiger partial charge in [-0.1, -0.05) is 0 Å². The maximum atomic E-state index is 13.0. The van der Waals surface area contributed by atoms with E-state index in [4.69, 9.17) is 4.74 Å². The molecule has 1 aromatic heterocycles. The topological polar surface area (TPSA) is 48.8 Å². The molecule has 0 saturated carbocycles. The fraction of sp³-hybridized carbons (Fsp3) is 0.643. The van der Waals surface area contributed by atoms with E-state index in [9.17, 15) is 18.3 Å². The van der Waals surface area contributed by atoms with E-state index in [1.165, 1.54) is 19.4 Å². The van der Waals surface area contributed by atoms with Crippen LogP contribution in [0.15, 0.2) is 18.3 Å². The van der Waals surface area contributed by atoms with Crippen molar-refractivity contribution in [3.8, 4) is 0 Å². The molecule has 1 atom stereocenters. The number of hydrogen-bond donors (Lipinski definition) is 1. The number of aliphatic hydroxyl groups is 1. The molecule has 1 fully saturated rings. The van der Waals surface area contributed by atoms with Gasteiger partial charge in [-0.05, 0) is 12.1 Å². The fourth-order valence-electron chi connectivity index (χ4n) is 2.56. The molecule has 1 aliphatic heterocycles. The van der Waals surface area contributed by atoms with E-state index in [0.717, 1.165) is 6.07 Å². The summed E-state index contributed by atoms with van der Waals surface area (Å²) in [7, 11) is 1.51. The van der Waals surface area contributed by atoms with Crippen LogP contribution in [0.3, 0.4) is 0 Å². The number of β-amino-alcohol motifs (C(OH)–C–C–N with tert-alkyl or cyclic N) is 1. The van der Waals surface area contributed by atoms with Crippen LogP contribution in [0.5, 0.6) is 0 Å². The minimum atomic E-state index is -4.41. The second-order valence-electron chi connectivity index (χ2n) is 5.27. The first-order valence-electron chi connectivity index (χ1n) is 7.08. The van der Waals surface area contributed by atoms with Crippen LogP contribution < -0.4 is 4.90 Å². The lowest BCUT2D eigenvalue weighted by Crippen LogP contribution is -2.49. The first kappa shape index (κ1) is 17.0. The molecule has 2 heterocycles. The van der Waals surface area contributed by atoms with Crippen molar-refractivity contribution in [2.75, 3.05) is 51.3 Å². The van der Waals surface area contributed by atoms with Crippen LogP contribution in [0, 0.1) is 0 Å². The normalized spacial score (nSPS) is 18.5. The van der Waals surface area contributed by atoms with E-state index in [-0.39, 0.29) is 12.4 Å². The number of pyridine rings is 1. The van der Waals surface area contributed by atoms with E-state index >= 15 is 0 Å². The van der Waals surface area contributed by atoms with Crippen molar-refractivity contribution in [3.05, 3.63) is 23.9 Å². The van der Waals surface area contributed by atoms with Gasteiger partial charge in [0.05, 0.1) is 18.3 Å². The third-order valence-corrected chi connectivity index (χ3v) is 3.59. The number of methoxy groups -OCH3 is 1. The van der Waals surface area contributed by atoms with Crippen LogP contribution in [0.4, 0.5) is 19.0 Å². The molecule has 8 heteroatoms. The number of alkyl halides is 3. The molecular formula is C14H20F3N3O2. The highest BCUT2D eigenvalue weighted by Crippen LogP contribution is 2.35. The molecule has 2 rings (SSSR count). The Morgan fingerprint density at radius 2 is 2.00 bits per heavy atom. The third-order valence-electron chi connectivity index (χ3n) is 3.59. The van der Waals surface area contributed by atoms with Gasteiger partial charge in [-0.2, -0.15) is 13.2 Å². The number of aromatic nitrogens is 1. The average molecular weight is 319 g/mol. The van der Waals surface area contributed by atoms with Gasteiger partial charge in [0.25, 0.3) is 0 Å². The van der Waals surface area contributed by atoms with Crippen LogP contribution in [-0.4, -0.2) is 67.5 Å². The largest absolute Gasteiger partial charge is 0.419 e. The minimum Gasteiger partial charge on any atom is -0.389 e. The van der Waals surface area contributed by atoms with E-state index in [0.29, 0.717) is 32.7 Å². The van der Waals surface area contributed by atoms with Crippen molar-refractivity contribution in [1.82, 2.24) is 9.88 Å². The van der Waals surface area contributed by atoms with Gasteiger partial charge < -0.3 is 14.7 Å². The van der Waals surface area contributed by atoms with Gasteiger partial charge in [0.15, 0.2) is 0 Å². The Hall–Kier alpha value is -1.38. The van der Waals surface area contributed by atoms with Gasteiger partial charge in [-0.15, -0.1) is 0 Å². The quantitative estimate of drug-likeness (QED) is 0.885. The van der Waals surface area contributed by atoms with Crippen molar-refractivity contribution >= 4 is 5.82 Å². The predicted octanol–water partition coefficient (Wildman–Crippen LogP) is 1.23. The minimum absolute atomic E-state index is 0.0212. The zero-order valence-electron chi connectivity index (χ0n) is 12.4. The Kier molecular flexibility index (Phi) is 5.60. The van der Waals surface area contributed by atoms with Crippen LogP contribution in [0.25, 0.3) is 0 Å². The van der Waals surface area contributed by atoms with Gasteiger partial charge in [-0.25, -0.2) is 4.98 Å². The molecule has 22 heavy (non-hydrogen) atoms. The Morgan fingerprint density at radius 3 is 2.59 bits per heavy atom. The maximum Gasteiger partial charge on any atom is 0.419 e. The lowest BCUT2D eigenvalue weighted by atomic mass is 10.2. The van der Waals surface area contributed by atoms with Crippen LogP contribution in [0.1, 0.15) is 5.56 Å². The highest BCUT2D eigenvalue weighted by atomic mass is 19.4. The Morgan fingerprint density at radius 1 is 1.32 bits per heavy atom. The molecule has 124 valence electrons. The first-order chi connectivity index (χ1) is 10.4. The molecule has 1 aliphatic rings. The summed E-state index contributed by atoms with van der Waals surface area (Å²) in [5.41, 5.74) is -0.706. The molecule has 0 aliphatic carbocycles. The summed E-state index contributed by atoms with van der Waals surface area (Å²) in [5.74, 6) is -0.0212. The molecule has 0 aromatic carbocycles. The number of ether oxygens (including phenoxy) is 1. The van der Waals surface area contributed by atoms with Crippen molar-refractivity contribution < 1.29 is 23.0 Å². The second kappa shape index (κ2) is 7.26. The lowest BCUT2D eigenvalue weighted by molar-refractivity contribution is -0.137. The lowest BCUT2D eigenvalue weighted by Gasteiger charge is -2.37. The zero-order valence-corrected chi connectivity index (χ0v) is 12.4. The zero-order chi connectivity index (χ0) is 16.2. The molecule has 1 unspecified atom stereocenters. The SMILES string of the molecule is COCC(O)CN1CCN(c2ncccc2C(F)(F)F)CC1. The highest BCUT2D eigenvalue weighted by molar-refractivity contribution is 5.48. The fourth-order valence-corrected chi connectivity index (χ4v) is 2.56. The highest BCUT2D eigenvalue weighted by Gasteiger charge is 2.36. The number of rotatable bonds is 5. The van der Waals surface area contributed by atoms with Gasteiger partial charge in [0, 0.05) is 46.0 Å². The smallest absolute Gasteiger partial charge is 0.389 e. The molecule has 1 aromatic rings. The number of hydrogen-bond acceptors (Lipinski definition) is 5. The van der Waals surface area contributed by atoms with Gasteiger partial charge in [-0.3, -0.25) is 4.90 Å². The number of halogens is 3. The monoisotopic (exact) mass is 319 g/mol. The van der Waals surface area contributed by atoms with Gasteiger partial charge in [0.1, 0.15) is 5.82 Å². The molecule has 1 N–H and O–H groups in total. The average Bonchev–Trinajstić information content (AvgIpc) is 2.47. The van der Waals surface area contributed by atoms with Crippen LogP contribution >= 0.6 is 0 Å². The summed E-state index contributed by atoms with van der Waals surface area (Å²) in [6.07, 6.45) is -3.62. The third kappa shape index (κ3) is 4.31. The van der Waals surface area contributed by atoms with Crippen molar-refractivity contribution in [3.63, 3.8) is 0 Å². The molecule has 0 radical (unpaired) electrons. The summed E-state index contributed by atoms with van der Waals surface area (Å²) >= 11 is 0. The molecule has 0 bridgehead atoms. The van der Waals surface area contributed by atoms with Crippen LogP contribution in [-0.2, 0) is 10.9 Å². The Bertz CT molecular complexity index is 477.